The van der Waals surface area contributed by atoms with Crippen LogP contribution in [0, 0.1) is 0 Å². The molecule has 2 nitrogen and oxygen atoms in total. The SMILES string of the molecule is CCCCCCCCCCCCCc1c[nH]c(C=O)c1. The predicted molar refractivity (Wildman–Crippen MR) is 86.3 cm³/mol. The van der Waals surface area contributed by atoms with E-state index in [0.717, 1.165) is 12.7 Å². The van der Waals surface area contributed by atoms with Gasteiger partial charge in [-0.25, -0.2) is 0 Å². The van der Waals surface area contributed by atoms with Crippen LogP contribution >= 0.6 is 0 Å². The van der Waals surface area contributed by atoms with Crippen molar-refractivity contribution in [3.63, 3.8) is 0 Å². The Morgan fingerprint density at radius 3 is 1.95 bits per heavy atom. The van der Waals surface area contributed by atoms with Crippen LogP contribution in [-0.2, 0) is 6.42 Å². The second-order valence-corrected chi connectivity index (χ2v) is 5.87. The largest absolute Gasteiger partial charge is 0.359 e. The third-order valence-corrected chi connectivity index (χ3v) is 3.96. The summed E-state index contributed by atoms with van der Waals surface area (Å²) in [5.41, 5.74) is 1.96. The summed E-state index contributed by atoms with van der Waals surface area (Å²) < 4.78 is 0. The van der Waals surface area contributed by atoms with E-state index in [1.807, 2.05) is 12.3 Å². The summed E-state index contributed by atoms with van der Waals surface area (Å²) in [6, 6.07) is 1.96. The Labute approximate surface area is 124 Å². The average molecular weight is 277 g/mol. The first-order valence-corrected chi connectivity index (χ1v) is 8.49. The molecule has 0 saturated heterocycles. The van der Waals surface area contributed by atoms with Crippen molar-refractivity contribution in [2.75, 3.05) is 0 Å². The van der Waals surface area contributed by atoms with Crippen LogP contribution in [0.25, 0.3) is 0 Å². The molecule has 0 fully saturated rings. The number of rotatable bonds is 13. The minimum absolute atomic E-state index is 0.697. The number of H-pyrrole nitrogens is 1. The number of aldehydes is 1. The normalized spacial score (nSPS) is 10.8. The van der Waals surface area contributed by atoms with Gasteiger partial charge in [0.2, 0.25) is 0 Å². The van der Waals surface area contributed by atoms with E-state index in [-0.39, 0.29) is 0 Å². The van der Waals surface area contributed by atoms with Gasteiger partial charge in [-0.2, -0.15) is 0 Å². The summed E-state index contributed by atoms with van der Waals surface area (Å²) in [6.45, 7) is 2.27. The van der Waals surface area contributed by atoms with Gasteiger partial charge in [0.15, 0.2) is 6.29 Å². The molecule has 1 rings (SSSR count). The topological polar surface area (TPSA) is 32.9 Å². The van der Waals surface area contributed by atoms with Crippen LogP contribution in [0.1, 0.15) is 93.6 Å². The van der Waals surface area contributed by atoms with Crippen LogP contribution in [0.3, 0.4) is 0 Å². The second kappa shape index (κ2) is 11.7. The molecule has 0 amide bonds. The molecule has 0 unspecified atom stereocenters. The lowest BCUT2D eigenvalue weighted by Gasteiger charge is -2.02. The average Bonchev–Trinajstić information content (AvgIpc) is 2.93. The van der Waals surface area contributed by atoms with Crippen LogP contribution in [0.5, 0.6) is 0 Å². The molecular formula is C18H31NO. The molecule has 1 N–H and O–H groups in total. The van der Waals surface area contributed by atoms with Crippen molar-refractivity contribution < 1.29 is 4.79 Å². The first-order chi connectivity index (χ1) is 9.86. The van der Waals surface area contributed by atoms with E-state index in [1.54, 1.807) is 0 Å². The molecule has 1 aromatic heterocycles. The molecule has 2 heteroatoms. The fourth-order valence-electron chi connectivity index (χ4n) is 2.66. The van der Waals surface area contributed by atoms with Gasteiger partial charge in [0.1, 0.15) is 0 Å². The van der Waals surface area contributed by atoms with Gasteiger partial charge < -0.3 is 4.98 Å². The highest BCUT2D eigenvalue weighted by molar-refractivity contribution is 5.72. The van der Waals surface area contributed by atoms with Crippen molar-refractivity contribution in [1.29, 1.82) is 0 Å². The van der Waals surface area contributed by atoms with Crippen LogP contribution in [0.2, 0.25) is 0 Å². The predicted octanol–water partition coefficient (Wildman–Crippen LogP) is 5.68. The summed E-state index contributed by atoms with van der Waals surface area (Å²) in [7, 11) is 0. The number of unbranched alkanes of at least 4 members (excludes halogenated alkanes) is 10. The molecule has 0 aliphatic heterocycles. The van der Waals surface area contributed by atoms with Gasteiger partial charge in [0.25, 0.3) is 0 Å². The minimum Gasteiger partial charge on any atom is -0.359 e. The molecule has 0 radical (unpaired) electrons. The highest BCUT2D eigenvalue weighted by Gasteiger charge is 1.98. The highest BCUT2D eigenvalue weighted by Crippen LogP contribution is 2.13. The van der Waals surface area contributed by atoms with Gasteiger partial charge in [-0.3, -0.25) is 4.79 Å². The molecule has 1 heterocycles. The summed E-state index contributed by atoms with van der Waals surface area (Å²) in [6.07, 6.45) is 19.1. The van der Waals surface area contributed by atoms with Gasteiger partial charge in [0.05, 0.1) is 5.69 Å². The van der Waals surface area contributed by atoms with Crippen LogP contribution < -0.4 is 0 Å². The summed E-state index contributed by atoms with van der Waals surface area (Å²) >= 11 is 0. The van der Waals surface area contributed by atoms with Gasteiger partial charge in [0, 0.05) is 6.20 Å². The molecule has 0 bridgehead atoms. The van der Waals surface area contributed by atoms with Crippen molar-refractivity contribution in [1.82, 2.24) is 4.98 Å². The zero-order valence-electron chi connectivity index (χ0n) is 13.1. The molecule has 0 saturated carbocycles. The molecular weight excluding hydrogens is 246 g/mol. The monoisotopic (exact) mass is 277 g/mol. The maximum Gasteiger partial charge on any atom is 0.166 e. The molecule has 0 aliphatic rings. The van der Waals surface area contributed by atoms with E-state index in [9.17, 15) is 4.79 Å². The molecule has 0 spiro atoms. The maximum atomic E-state index is 10.5. The summed E-state index contributed by atoms with van der Waals surface area (Å²) in [5, 5.41) is 0. The zero-order chi connectivity index (χ0) is 14.5. The molecule has 1 aromatic rings. The van der Waals surface area contributed by atoms with E-state index in [0.29, 0.717) is 5.69 Å². The van der Waals surface area contributed by atoms with E-state index in [2.05, 4.69) is 11.9 Å². The Hall–Kier alpha value is -1.05. The van der Waals surface area contributed by atoms with Gasteiger partial charge >= 0.3 is 0 Å². The molecule has 0 atom stereocenters. The zero-order valence-corrected chi connectivity index (χ0v) is 13.1. The number of aryl methyl sites for hydroxylation is 1. The van der Waals surface area contributed by atoms with E-state index < -0.39 is 0 Å². The standard InChI is InChI=1S/C18H31NO/c1-2-3-4-5-6-7-8-9-10-11-12-13-17-14-18(16-20)19-15-17/h14-16,19H,2-13H2,1H3. The molecule has 20 heavy (non-hydrogen) atoms. The third-order valence-electron chi connectivity index (χ3n) is 3.96. The first kappa shape index (κ1) is 17.0. The number of aromatic amines is 1. The van der Waals surface area contributed by atoms with Gasteiger partial charge in [-0.15, -0.1) is 0 Å². The Morgan fingerprint density at radius 1 is 0.900 bits per heavy atom. The number of hydrogen-bond donors (Lipinski definition) is 1. The van der Waals surface area contributed by atoms with Crippen LogP contribution in [-0.4, -0.2) is 11.3 Å². The number of nitrogens with one attached hydrogen (secondary N) is 1. The van der Waals surface area contributed by atoms with Crippen LogP contribution in [0.4, 0.5) is 0 Å². The summed E-state index contributed by atoms with van der Waals surface area (Å²) in [5.74, 6) is 0. The smallest absolute Gasteiger partial charge is 0.166 e. The van der Waals surface area contributed by atoms with Crippen molar-refractivity contribution in [2.24, 2.45) is 0 Å². The van der Waals surface area contributed by atoms with Crippen molar-refractivity contribution in [3.8, 4) is 0 Å². The Morgan fingerprint density at radius 2 is 1.45 bits per heavy atom. The summed E-state index contributed by atoms with van der Waals surface area (Å²) in [4.78, 5) is 13.5. The lowest BCUT2D eigenvalue weighted by Crippen LogP contribution is -1.85. The van der Waals surface area contributed by atoms with Gasteiger partial charge in [-0.1, -0.05) is 71.1 Å². The molecule has 0 aliphatic carbocycles. The van der Waals surface area contributed by atoms with E-state index in [1.165, 1.54) is 76.2 Å². The minimum atomic E-state index is 0.697. The fourth-order valence-corrected chi connectivity index (χ4v) is 2.66. The quantitative estimate of drug-likeness (QED) is 0.365. The maximum absolute atomic E-state index is 10.5. The lowest BCUT2D eigenvalue weighted by molar-refractivity contribution is 0.111. The molecule has 114 valence electrons. The lowest BCUT2D eigenvalue weighted by atomic mass is 10.0. The van der Waals surface area contributed by atoms with Gasteiger partial charge in [-0.05, 0) is 24.5 Å². The highest BCUT2D eigenvalue weighted by atomic mass is 16.1. The Bertz CT molecular complexity index is 343. The molecule has 0 aromatic carbocycles. The number of carbonyl (C=O) groups excluding carboxylic acids is 1. The Balaban J connectivity index is 1.84. The second-order valence-electron chi connectivity index (χ2n) is 5.87. The van der Waals surface area contributed by atoms with Crippen molar-refractivity contribution in [2.45, 2.75) is 84.0 Å². The van der Waals surface area contributed by atoms with E-state index in [4.69, 9.17) is 0 Å². The number of aromatic nitrogens is 1. The van der Waals surface area contributed by atoms with Crippen molar-refractivity contribution >= 4 is 6.29 Å². The fraction of sp³-hybridized carbons (Fsp3) is 0.722. The Kier molecular flexibility index (Phi) is 9.99. The first-order valence-electron chi connectivity index (χ1n) is 8.49. The number of hydrogen-bond acceptors (Lipinski definition) is 1. The third kappa shape index (κ3) is 8.19. The van der Waals surface area contributed by atoms with Crippen molar-refractivity contribution in [3.05, 3.63) is 23.5 Å². The van der Waals surface area contributed by atoms with Crippen LogP contribution in [0.15, 0.2) is 12.3 Å². The number of carbonyl (C=O) groups is 1. The van der Waals surface area contributed by atoms with E-state index >= 15 is 0 Å².